The summed E-state index contributed by atoms with van der Waals surface area (Å²) in [5.41, 5.74) is 0.595. The van der Waals surface area contributed by atoms with E-state index in [0.717, 1.165) is 18.5 Å². The molecule has 3 heterocycles. The Morgan fingerprint density at radius 2 is 1.96 bits per heavy atom. The van der Waals surface area contributed by atoms with E-state index in [9.17, 15) is 13.2 Å². The topological polar surface area (TPSA) is 66.9 Å². The lowest BCUT2D eigenvalue weighted by molar-refractivity contribution is -0.139. The number of ether oxygens (including phenoxy) is 1. The molecule has 0 aliphatic carbocycles. The van der Waals surface area contributed by atoms with Crippen molar-refractivity contribution in [3.63, 3.8) is 0 Å². The molecule has 26 heavy (non-hydrogen) atoms. The van der Waals surface area contributed by atoms with Gasteiger partial charge in [0.1, 0.15) is 0 Å². The van der Waals surface area contributed by atoms with Crippen LogP contribution >= 0.6 is 0 Å². The minimum atomic E-state index is -3.18. The summed E-state index contributed by atoms with van der Waals surface area (Å²) in [6.45, 7) is 6.49. The first-order valence-electron chi connectivity index (χ1n) is 9.21. The molecule has 1 spiro atoms. The number of amides is 1. The fourth-order valence-corrected chi connectivity index (χ4v) is 5.35. The van der Waals surface area contributed by atoms with E-state index in [1.54, 1.807) is 12.1 Å². The van der Waals surface area contributed by atoms with Crippen molar-refractivity contribution < 1.29 is 17.9 Å². The van der Waals surface area contributed by atoms with Crippen molar-refractivity contribution in [3.8, 4) is 0 Å². The first-order chi connectivity index (χ1) is 12.2. The lowest BCUT2D eigenvalue weighted by Crippen LogP contribution is -2.50. The second-order valence-electron chi connectivity index (χ2n) is 8.09. The third-order valence-corrected chi connectivity index (χ3v) is 7.23. The number of sulfone groups is 1. The SMILES string of the molecule is CC(C)[C@@H]1CO[C@@]23CCN(Cc4ccc(S(C)(=O)=O)cc4)[C@@H]2CC(=O)N13. The normalized spacial score (nSPS) is 31.7. The molecule has 1 aromatic carbocycles. The van der Waals surface area contributed by atoms with Gasteiger partial charge in [0.2, 0.25) is 5.91 Å². The minimum absolute atomic E-state index is 0.0772. The van der Waals surface area contributed by atoms with E-state index in [2.05, 4.69) is 18.7 Å². The largest absolute Gasteiger partial charge is 0.352 e. The van der Waals surface area contributed by atoms with Crippen LogP contribution in [0.1, 0.15) is 32.3 Å². The molecule has 4 rings (SSSR count). The third-order valence-electron chi connectivity index (χ3n) is 6.11. The summed E-state index contributed by atoms with van der Waals surface area (Å²) in [7, 11) is -3.18. The molecule has 0 aromatic heterocycles. The number of carbonyl (C=O) groups excluding carboxylic acids is 1. The second kappa shape index (κ2) is 6.04. The fraction of sp³-hybridized carbons (Fsp3) is 0.632. The lowest BCUT2D eigenvalue weighted by atomic mass is 10.0. The summed E-state index contributed by atoms with van der Waals surface area (Å²) in [6, 6.07) is 7.28. The molecule has 7 heteroatoms. The van der Waals surface area contributed by atoms with Gasteiger partial charge in [0.25, 0.3) is 0 Å². The second-order valence-corrected chi connectivity index (χ2v) is 10.1. The maximum atomic E-state index is 12.7. The van der Waals surface area contributed by atoms with Gasteiger partial charge in [0.15, 0.2) is 15.6 Å². The maximum Gasteiger partial charge on any atom is 0.226 e. The average molecular weight is 378 g/mol. The quantitative estimate of drug-likeness (QED) is 0.797. The molecule has 1 amide bonds. The van der Waals surface area contributed by atoms with E-state index in [0.29, 0.717) is 30.4 Å². The van der Waals surface area contributed by atoms with Gasteiger partial charge >= 0.3 is 0 Å². The van der Waals surface area contributed by atoms with Crippen molar-refractivity contribution in [1.29, 1.82) is 0 Å². The van der Waals surface area contributed by atoms with Crippen molar-refractivity contribution >= 4 is 15.7 Å². The standard InChI is InChI=1S/C19H26N2O4S/c1-13(2)16-12-25-19-8-9-20(17(19)10-18(22)21(16)19)11-14-4-6-15(7-5-14)26(3,23)24/h4-7,13,16-17H,8-12H2,1-3H3/t16-,17+,19-/m0/s1. The first-order valence-corrected chi connectivity index (χ1v) is 11.1. The van der Waals surface area contributed by atoms with Gasteiger partial charge in [-0.05, 0) is 23.6 Å². The van der Waals surface area contributed by atoms with Crippen LogP contribution in [0.25, 0.3) is 0 Å². The zero-order valence-corrected chi connectivity index (χ0v) is 16.3. The van der Waals surface area contributed by atoms with E-state index >= 15 is 0 Å². The number of carbonyl (C=O) groups is 1. The fourth-order valence-electron chi connectivity index (χ4n) is 4.72. The van der Waals surface area contributed by atoms with Crippen LogP contribution in [0.2, 0.25) is 0 Å². The van der Waals surface area contributed by atoms with Gasteiger partial charge in [0.05, 0.1) is 23.6 Å². The van der Waals surface area contributed by atoms with Gasteiger partial charge in [-0.3, -0.25) is 9.69 Å². The monoisotopic (exact) mass is 378 g/mol. The van der Waals surface area contributed by atoms with E-state index in [4.69, 9.17) is 4.74 Å². The van der Waals surface area contributed by atoms with Crippen LogP contribution in [0.5, 0.6) is 0 Å². The number of hydrogen-bond donors (Lipinski definition) is 0. The molecule has 6 nitrogen and oxygen atoms in total. The Balaban J connectivity index is 1.54. The Kier molecular flexibility index (Phi) is 4.17. The smallest absolute Gasteiger partial charge is 0.226 e. The van der Waals surface area contributed by atoms with E-state index in [1.165, 1.54) is 6.26 Å². The van der Waals surface area contributed by atoms with Crippen LogP contribution in [-0.2, 0) is 25.9 Å². The molecular weight excluding hydrogens is 352 g/mol. The molecule has 3 aliphatic rings. The van der Waals surface area contributed by atoms with Crippen molar-refractivity contribution in [1.82, 2.24) is 9.80 Å². The molecule has 0 bridgehead atoms. The molecule has 0 unspecified atom stereocenters. The van der Waals surface area contributed by atoms with Crippen molar-refractivity contribution in [2.24, 2.45) is 5.92 Å². The number of nitrogens with zero attached hydrogens (tertiary/aromatic N) is 2. The molecule has 1 aromatic rings. The van der Waals surface area contributed by atoms with Gasteiger partial charge < -0.3 is 9.64 Å². The van der Waals surface area contributed by atoms with Gasteiger partial charge in [0, 0.05) is 32.2 Å². The molecular formula is C19H26N2O4S. The highest BCUT2D eigenvalue weighted by atomic mass is 32.2. The Morgan fingerprint density at radius 1 is 1.27 bits per heavy atom. The van der Waals surface area contributed by atoms with Crippen LogP contribution in [0.4, 0.5) is 0 Å². The number of benzene rings is 1. The maximum absolute atomic E-state index is 12.7. The zero-order chi connectivity index (χ0) is 18.7. The van der Waals surface area contributed by atoms with Gasteiger partial charge in [-0.2, -0.15) is 0 Å². The predicted octanol–water partition coefficient (Wildman–Crippen LogP) is 1.65. The van der Waals surface area contributed by atoms with Crippen molar-refractivity contribution in [3.05, 3.63) is 29.8 Å². The van der Waals surface area contributed by atoms with Crippen LogP contribution in [0, 0.1) is 5.92 Å². The Bertz CT molecular complexity index is 820. The third kappa shape index (κ3) is 2.68. The summed E-state index contributed by atoms with van der Waals surface area (Å²) < 4.78 is 29.5. The molecule has 3 fully saturated rings. The number of hydrogen-bond acceptors (Lipinski definition) is 5. The summed E-state index contributed by atoms with van der Waals surface area (Å²) >= 11 is 0. The van der Waals surface area contributed by atoms with Crippen molar-refractivity contribution in [2.45, 2.75) is 55.9 Å². The number of likely N-dealkylation sites (tertiary alicyclic amines) is 1. The van der Waals surface area contributed by atoms with Gasteiger partial charge in [-0.25, -0.2) is 8.42 Å². The number of rotatable bonds is 4. The van der Waals surface area contributed by atoms with Gasteiger partial charge in [-0.15, -0.1) is 0 Å². The Hall–Kier alpha value is -1.44. The Morgan fingerprint density at radius 3 is 2.58 bits per heavy atom. The van der Waals surface area contributed by atoms with Crippen LogP contribution in [0.15, 0.2) is 29.2 Å². The van der Waals surface area contributed by atoms with Crippen LogP contribution < -0.4 is 0 Å². The van der Waals surface area contributed by atoms with E-state index in [1.807, 2.05) is 17.0 Å². The van der Waals surface area contributed by atoms with Crippen LogP contribution in [0.3, 0.4) is 0 Å². The molecule has 0 radical (unpaired) electrons. The van der Waals surface area contributed by atoms with E-state index < -0.39 is 15.6 Å². The molecule has 3 aliphatic heterocycles. The van der Waals surface area contributed by atoms with E-state index in [-0.39, 0.29) is 18.0 Å². The average Bonchev–Trinajstić information content (AvgIpc) is 3.18. The zero-order valence-electron chi connectivity index (χ0n) is 15.5. The summed E-state index contributed by atoms with van der Waals surface area (Å²) in [4.78, 5) is 17.4. The van der Waals surface area contributed by atoms with Crippen molar-refractivity contribution in [2.75, 3.05) is 19.4 Å². The lowest BCUT2D eigenvalue weighted by Gasteiger charge is -2.34. The van der Waals surface area contributed by atoms with Crippen LogP contribution in [-0.4, -0.2) is 61.3 Å². The highest BCUT2D eigenvalue weighted by Gasteiger charge is 2.64. The summed E-state index contributed by atoms with van der Waals surface area (Å²) in [5.74, 6) is 0.581. The molecule has 3 saturated heterocycles. The predicted molar refractivity (Wildman–Crippen MR) is 97.1 cm³/mol. The molecule has 3 atom stereocenters. The first kappa shape index (κ1) is 17.9. The summed E-state index contributed by atoms with van der Waals surface area (Å²) in [6.07, 6.45) is 2.56. The Labute approximate surface area is 155 Å². The molecule has 0 saturated carbocycles. The molecule has 142 valence electrons. The summed E-state index contributed by atoms with van der Waals surface area (Å²) in [5, 5.41) is 0. The highest BCUT2D eigenvalue weighted by molar-refractivity contribution is 7.90. The molecule has 0 N–H and O–H groups in total. The highest BCUT2D eigenvalue weighted by Crippen LogP contribution is 2.49. The minimum Gasteiger partial charge on any atom is -0.352 e. The van der Waals surface area contributed by atoms with Gasteiger partial charge in [-0.1, -0.05) is 26.0 Å².